The molecular formula is C14H19F3N2O2. The van der Waals surface area contributed by atoms with Crippen molar-refractivity contribution >= 4 is 5.69 Å². The molecule has 0 aliphatic heterocycles. The van der Waals surface area contributed by atoms with Crippen molar-refractivity contribution in [2.24, 2.45) is 5.41 Å². The number of hydrogen-bond donors (Lipinski definition) is 1. The summed E-state index contributed by atoms with van der Waals surface area (Å²) in [6.45, 7) is 9.74. The lowest BCUT2D eigenvalue weighted by Crippen LogP contribution is -2.33. The maximum absolute atomic E-state index is 12.8. The second-order valence-electron chi connectivity index (χ2n) is 5.88. The second kappa shape index (κ2) is 5.83. The molecule has 1 N–H and O–H groups in total. The SMILES string of the molecule is C=C(CC(C)(C)C)Nc1ccc(C(F)(F)F)n(OC)c1=O. The van der Waals surface area contributed by atoms with Crippen molar-refractivity contribution < 1.29 is 18.0 Å². The molecule has 0 saturated heterocycles. The summed E-state index contributed by atoms with van der Waals surface area (Å²) in [5.41, 5.74) is -1.61. The van der Waals surface area contributed by atoms with Crippen LogP contribution in [-0.4, -0.2) is 11.8 Å². The Labute approximate surface area is 121 Å². The Hall–Kier alpha value is -1.92. The van der Waals surface area contributed by atoms with E-state index in [9.17, 15) is 18.0 Å². The molecule has 0 bridgehead atoms. The molecule has 1 aromatic rings. The molecule has 118 valence electrons. The molecule has 0 spiro atoms. The van der Waals surface area contributed by atoms with Crippen molar-refractivity contribution in [3.8, 4) is 0 Å². The topological polar surface area (TPSA) is 43.3 Å². The van der Waals surface area contributed by atoms with Gasteiger partial charge in [-0.2, -0.15) is 13.2 Å². The quantitative estimate of drug-likeness (QED) is 0.928. The standard InChI is InChI=1S/C14H19F3N2O2/c1-9(8-13(2,3)4)18-10-6-7-11(14(15,16)17)19(21-5)12(10)20/h6-7,18H,1,8H2,2-5H3. The van der Waals surface area contributed by atoms with E-state index in [-0.39, 0.29) is 15.8 Å². The summed E-state index contributed by atoms with van der Waals surface area (Å²) in [5, 5.41) is 2.74. The highest BCUT2D eigenvalue weighted by atomic mass is 19.4. The van der Waals surface area contributed by atoms with Gasteiger partial charge in [0.15, 0.2) is 5.69 Å². The van der Waals surface area contributed by atoms with Crippen molar-refractivity contribution in [2.45, 2.75) is 33.4 Å². The zero-order chi connectivity index (χ0) is 16.4. The molecule has 7 heteroatoms. The first-order valence-corrected chi connectivity index (χ1v) is 6.28. The monoisotopic (exact) mass is 304 g/mol. The highest BCUT2D eigenvalue weighted by Gasteiger charge is 2.35. The Morgan fingerprint density at radius 3 is 2.33 bits per heavy atom. The third kappa shape index (κ3) is 4.54. The van der Waals surface area contributed by atoms with Crippen LogP contribution in [0.4, 0.5) is 18.9 Å². The smallest absolute Gasteiger partial charge is 0.413 e. The maximum Gasteiger partial charge on any atom is 0.434 e. The zero-order valence-corrected chi connectivity index (χ0v) is 12.5. The first kappa shape index (κ1) is 17.1. The Balaban J connectivity index is 3.13. The van der Waals surface area contributed by atoms with Gasteiger partial charge in [0.1, 0.15) is 12.8 Å². The zero-order valence-electron chi connectivity index (χ0n) is 12.5. The van der Waals surface area contributed by atoms with Crippen LogP contribution < -0.4 is 15.7 Å². The van der Waals surface area contributed by atoms with Gasteiger partial charge >= 0.3 is 11.7 Å². The number of alkyl halides is 3. The number of rotatable bonds is 4. The molecule has 0 amide bonds. The first-order valence-electron chi connectivity index (χ1n) is 6.28. The van der Waals surface area contributed by atoms with E-state index in [0.717, 1.165) is 19.2 Å². The van der Waals surface area contributed by atoms with Gasteiger partial charge in [-0.15, -0.1) is 4.73 Å². The molecule has 0 aliphatic rings. The lowest BCUT2D eigenvalue weighted by atomic mass is 9.91. The summed E-state index contributed by atoms with van der Waals surface area (Å²) in [5.74, 6) is 0. The van der Waals surface area contributed by atoms with Crippen molar-refractivity contribution in [2.75, 3.05) is 12.4 Å². The predicted octanol–water partition coefficient (Wildman–Crippen LogP) is 3.29. The van der Waals surface area contributed by atoms with Crippen LogP contribution in [0.5, 0.6) is 0 Å². The minimum absolute atomic E-state index is 0.0147. The number of aromatic nitrogens is 1. The Morgan fingerprint density at radius 2 is 1.90 bits per heavy atom. The number of allylic oxidation sites excluding steroid dienone is 1. The number of nitrogens with one attached hydrogen (secondary N) is 1. The van der Waals surface area contributed by atoms with Gasteiger partial charge in [-0.3, -0.25) is 4.79 Å². The largest absolute Gasteiger partial charge is 0.434 e. The van der Waals surface area contributed by atoms with Gasteiger partial charge in [0, 0.05) is 5.70 Å². The van der Waals surface area contributed by atoms with Crippen LogP contribution in [0, 0.1) is 5.41 Å². The van der Waals surface area contributed by atoms with Crippen LogP contribution in [0.2, 0.25) is 0 Å². The molecule has 1 aromatic heterocycles. The number of pyridine rings is 1. The lowest BCUT2D eigenvalue weighted by Gasteiger charge is -2.21. The van der Waals surface area contributed by atoms with Gasteiger partial charge in [-0.1, -0.05) is 27.4 Å². The van der Waals surface area contributed by atoms with Crippen molar-refractivity contribution in [1.29, 1.82) is 0 Å². The molecule has 0 aromatic carbocycles. The molecule has 0 radical (unpaired) electrons. The summed E-state index contributed by atoms with van der Waals surface area (Å²) >= 11 is 0. The van der Waals surface area contributed by atoms with Crippen molar-refractivity contribution in [3.63, 3.8) is 0 Å². The average molecular weight is 304 g/mol. The fourth-order valence-corrected chi connectivity index (χ4v) is 1.88. The molecule has 1 rings (SSSR count). The Morgan fingerprint density at radius 1 is 1.33 bits per heavy atom. The van der Waals surface area contributed by atoms with Crippen molar-refractivity contribution in [1.82, 2.24) is 4.73 Å². The molecular weight excluding hydrogens is 285 g/mol. The second-order valence-corrected chi connectivity index (χ2v) is 5.88. The summed E-state index contributed by atoms with van der Waals surface area (Å²) in [6.07, 6.45) is -4.10. The highest BCUT2D eigenvalue weighted by molar-refractivity contribution is 5.46. The highest BCUT2D eigenvalue weighted by Crippen LogP contribution is 2.29. The van der Waals surface area contributed by atoms with Crippen molar-refractivity contribution in [3.05, 3.63) is 40.5 Å². The van der Waals surface area contributed by atoms with Crippen LogP contribution in [0.15, 0.2) is 29.2 Å². The normalized spacial score (nSPS) is 12.1. The number of halogens is 3. The number of hydrogen-bond acceptors (Lipinski definition) is 3. The third-order valence-electron chi connectivity index (χ3n) is 2.57. The van der Waals surface area contributed by atoms with E-state index in [4.69, 9.17) is 0 Å². The van der Waals surface area contributed by atoms with E-state index >= 15 is 0 Å². The summed E-state index contributed by atoms with van der Waals surface area (Å²) < 4.78 is 38.5. The first-order chi connectivity index (χ1) is 9.45. The minimum atomic E-state index is -4.67. The average Bonchev–Trinajstić information content (AvgIpc) is 2.27. The fraction of sp³-hybridized carbons (Fsp3) is 0.500. The summed E-state index contributed by atoms with van der Waals surface area (Å²) in [6, 6.07) is 1.87. The van der Waals surface area contributed by atoms with E-state index in [1.165, 1.54) is 0 Å². The lowest BCUT2D eigenvalue weighted by molar-refractivity contribution is -0.151. The van der Waals surface area contributed by atoms with Crippen LogP contribution in [0.3, 0.4) is 0 Å². The van der Waals surface area contributed by atoms with E-state index in [2.05, 4.69) is 16.7 Å². The van der Waals surface area contributed by atoms with Crippen LogP contribution in [0.1, 0.15) is 32.9 Å². The molecule has 21 heavy (non-hydrogen) atoms. The molecule has 1 heterocycles. The van der Waals surface area contributed by atoms with Gasteiger partial charge in [0.25, 0.3) is 0 Å². The van der Waals surface area contributed by atoms with Gasteiger partial charge in [0.05, 0.1) is 0 Å². The molecule has 0 saturated carbocycles. The minimum Gasteiger partial charge on any atom is -0.413 e. The molecule has 0 atom stereocenters. The molecule has 0 fully saturated rings. The van der Waals surface area contributed by atoms with E-state index in [1.807, 2.05) is 20.8 Å². The maximum atomic E-state index is 12.8. The fourth-order valence-electron chi connectivity index (χ4n) is 1.88. The van der Waals surface area contributed by atoms with Gasteiger partial charge in [-0.25, -0.2) is 0 Å². The van der Waals surface area contributed by atoms with Crippen LogP contribution in [0.25, 0.3) is 0 Å². The van der Waals surface area contributed by atoms with Gasteiger partial charge in [-0.05, 0) is 24.0 Å². The third-order valence-corrected chi connectivity index (χ3v) is 2.57. The van der Waals surface area contributed by atoms with E-state index in [1.54, 1.807) is 0 Å². The summed E-state index contributed by atoms with van der Waals surface area (Å²) in [4.78, 5) is 16.5. The van der Waals surface area contributed by atoms with Crippen LogP contribution >= 0.6 is 0 Å². The predicted molar refractivity (Wildman–Crippen MR) is 75.0 cm³/mol. The molecule has 0 aliphatic carbocycles. The van der Waals surface area contributed by atoms with E-state index in [0.29, 0.717) is 12.1 Å². The Kier molecular flexibility index (Phi) is 4.76. The number of anilines is 1. The van der Waals surface area contributed by atoms with Crippen LogP contribution in [-0.2, 0) is 6.18 Å². The number of nitrogens with zero attached hydrogens (tertiary/aromatic N) is 1. The van der Waals surface area contributed by atoms with Gasteiger partial charge < -0.3 is 10.2 Å². The van der Waals surface area contributed by atoms with Gasteiger partial charge in [0.2, 0.25) is 0 Å². The molecule has 0 unspecified atom stereocenters. The Bertz CT molecular complexity index is 583. The van der Waals surface area contributed by atoms with E-state index < -0.39 is 17.4 Å². The summed E-state index contributed by atoms with van der Waals surface area (Å²) in [7, 11) is 1.00. The molecule has 4 nitrogen and oxygen atoms in total.